The van der Waals surface area contributed by atoms with E-state index in [0.717, 1.165) is 38.4 Å². The van der Waals surface area contributed by atoms with Crippen LogP contribution in [0.15, 0.2) is 0 Å². The smallest absolute Gasteiger partial charge is 0.123 e. The van der Waals surface area contributed by atoms with E-state index in [1.807, 2.05) is 0 Å². The van der Waals surface area contributed by atoms with E-state index in [1.165, 1.54) is 0 Å². The molecule has 1 fully saturated rings. The summed E-state index contributed by atoms with van der Waals surface area (Å²) in [5.74, 6) is 3.36. The number of carbonyl (C=O) groups excluding carboxylic acids is 1. The molecule has 0 aromatic rings. The van der Waals surface area contributed by atoms with Crippen molar-refractivity contribution in [3.8, 4) is 5.92 Å². The molecule has 1 nitrogen and oxygen atoms in total. The molecule has 1 aliphatic rings. The van der Waals surface area contributed by atoms with E-state index in [9.17, 15) is 4.79 Å². The zero-order valence-corrected chi connectivity index (χ0v) is 6.68. The lowest BCUT2D eigenvalue weighted by Crippen LogP contribution is -2.14. The van der Waals surface area contributed by atoms with Crippen LogP contribution in [0.3, 0.4) is 0 Å². The van der Waals surface area contributed by atoms with E-state index in [1.54, 1.807) is 0 Å². The van der Waals surface area contributed by atoms with Gasteiger partial charge in [-0.05, 0) is 38.0 Å². The van der Waals surface area contributed by atoms with Gasteiger partial charge in [-0.2, -0.15) is 0 Å². The largest absolute Gasteiger partial charge is 0.303 e. The molecule has 1 saturated carbocycles. The van der Waals surface area contributed by atoms with E-state index in [4.69, 9.17) is 6.42 Å². The Morgan fingerprint density at radius 2 is 2.00 bits per heavy atom. The molecular formula is C10H13O. The average molecular weight is 149 g/mol. The number of hydrogen-bond acceptors (Lipinski definition) is 1. The third-order valence-corrected chi connectivity index (χ3v) is 2.47. The summed E-state index contributed by atoms with van der Waals surface area (Å²) in [5, 5.41) is 0. The molecule has 1 aliphatic carbocycles. The van der Waals surface area contributed by atoms with Gasteiger partial charge in [-0.15, -0.1) is 0 Å². The minimum Gasteiger partial charge on any atom is -0.303 e. The van der Waals surface area contributed by atoms with Gasteiger partial charge >= 0.3 is 0 Å². The number of carbonyl (C=O) groups is 1. The first-order valence-electron chi connectivity index (χ1n) is 4.21. The second-order valence-corrected chi connectivity index (χ2v) is 3.30. The Hall–Kier alpha value is -0.770. The van der Waals surface area contributed by atoms with Gasteiger partial charge in [0.25, 0.3) is 0 Å². The van der Waals surface area contributed by atoms with E-state index in [-0.39, 0.29) is 0 Å². The average Bonchev–Trinajstić information content (AvgIpc) is 2.07. The van der Waals surface area contributed by atoms with Gasteiger partial charge in [-0.1, -0.05) is 5.92 Å². The minimum atomic E-state index is 0.303. The Morgan fingerprint density at radius 1 is 1.36 bits per heavy atom. The molecule has 0 aliphatic heterocycles. The molecule has 0 spiro atoms. The van der Waals surface area contributed by atoms with Crippen molar-refractivity contribution in [1.82, 2.24) is 0 Å². The van der Waals surface area contributed by atoms with E-state index < -0.39 is 0 Å². The van der Waals surface area contributed by atoms with Crippen molar-refractivity contribution in [2.45, 2.75) is 32.1 Å². The topological polar surface area (TPSA) is 17.1 Å². The Morgan fingerprint density at radius 3 is 2.45 bits per heavy atom. The Bertz CT molecular complexity index is 158. The van der Waals surface area contributed by atoms with E-state index >= 15 is 0 Å². The van der Waals surface area contributed by atoms with Crippen molar-refractivity contribution in [1.29, 1.82) is 0 Å². The molecule has 1 rings (SSSR count). The lowest BCUT2D eigenvalue weighted by Gasteiger charge is -2.23. The van der Waals surface area contributed by atoms with Crippen molar-refractivity contribution in [2.24, 2.45) is 11.8 Å². The van der Waals surface area contributed by atoms with Crippen LogP contribution in [0.5, 0.6) is 0 Å². The Balaban J connectivity index is 2.25. The van der Waals surface area contributed by atoms with Gasteiger partial charge in [0, 0.05) is 12.3 Å². The lowest BCUT2D eigenvalue weighted by molar-refractivity contribution is -0.112. The molecule has 0 saturated heterocycles. The molecule has 0 N–H and O–H groups in total. The van der Waals surface area contributed by atoms with Crippen molar-refractivity contribution >= 4 is 6.29 Å². The van der Waals surface area contributed by atoms with Gasteiger partial charge in [0.15, 0.2) is 0 Å². The zero-order chi connectivity index (χ0) is 8.10. The predicted octanol–water partition coefficient (Wildman–Crippen LogP) is 1.97. The Kier molecular flexibility index (Phi) is 3.16. The van der Waals surface area contributed by atoms with Gasteiger partial charge in [0.2, 0.25) is 0 Å². The first-order valence-corrected chi connectivity index (χ1v) is 4.21. The number of rotatable bonds is 2. The van der Waals surface area contributed by atoms with Crippen LogP contribution in [0.1, 0.15) is 32.1 Å². The van der Waals surface area contributed by atoms with E-state index in [2.05, 4.69) is 5.92 Å². The van der Waals surface area contributed by atoms with Gasteiger partial charge in [-0.25, -0.2) is 0 Å². The second-order valence-electron chi connectivity index (χ2n) is 3.30. The van der Waals surface area contributed by atoms with Crippen molar-refractivity contribution in [3.63, 3.8) is 0 Å². The standard InChI is InChI=1S/C10H13O/c1-2-3-9-4-6-10(8-11)7-5-9/h8-10H,3-7H2. The molecule has 0 aromatic heterocycles. The SMILES string of the molecule is [C]#CCC1CCC(C=O)CC1. The van der Waals surface area contributed by atoms with Crippen LogP contribution in [0.4, 0.5) is 0 Å². The van der Waals surface area contributed by atoms with Gasteiger partial charge in [0.1, 0.15) is 6.29 Å². The molecule has 11 heavy (non-hydrogen) atoms. The fourth-order valence-corrected chi connectivity index (χ4v) is 1.67. The van der Waals surface area contributed by atoms with Crippen molar-refractivity contribution in [2.75, 3.05) is 0 Å². The van der Waals surface area contributed by atoms with Crippen LogP contribution in [0, 0.1) is 24.2 Å². The highest BCUT2D eigenvalue weighted by Crippen LogP contribution is 2.29. The maximum absolute atomic E-state index is 10.4. The molecule has 0 amide bonds. The maximum Gasteiger partial charge on any atom is 0.123 e. The first-order chi connectivity index (χ1) is 5.36. The number of hydrogen-bond donors (Lipinski definition) is 0. The van der Waals surface area contributed by atoms with Crippen LogP contribution in [0.25, 0.3) is 0 Å². The summed E-state index contributed by atoms with van der Waals surface area (Å²) in [6, 6.07) is 0. The van der Waals surface area contributed by atoms with Gasteiger partial charge in [0.05, 0.1) is 0 Å². The summed E-state index contributed by atoms with van der Waals surface area (Å²) >= 11 is 0. The molecule has 1 radical (unpaired) electrons. The zero-order valence-electron chi connectivity index (χ0n) is 6.68. The summed E-state index contributed by atoms with van der Waals surface area (Å²) in [4.78, 5) is 10.4. The van der Waals surface area contributed by atoms with Crippen LogP contribution in [-0.4, -0.2) is 6.29 Å². The molecule has 0 atom stereocenters. The maximum atomic E-state index is 10.4. The highest BCUT2D eigenvalue weighted by Gasteiger charge is 2.19. The molecule has 0 unspecified atom stereocenters. The first kappa shape index (κ1) is 8.33. The predicted molar refractivity (Wildman–Crippen MR) is 43.3 cm³/mol. The third kappa shape index (κ3) is 2.38. The van der Waals surface area contributed by atoms with Gasteiger partial charge in [-0.3, -0.25) is 0 Å². The molecule has 0 bridgehead atoms. The fourth-order valence-electron chi connectivity index (χ4n) is 1.67. The highest BCUT2D eigenvalue weighted by atomic mass is 16.1. The second kappa shape index (κ2) is 4.18. The van der Waals surface area contributed by atoms with Crippen LogP contribution < -0.4 is 0 Å². The van der Waals surface area contributed by atoms with Crippen LogP contribution >= 0.6 is 0 Å². The molecule has 0 aromatic carbocycles. The number of aldehydes is 1. The van der Waals surface area contributed by atoms with E-state index in [0.29, 0.717) is 11.8 Å². The summed E-state index contributed by atoms with van der Waals surface area (Å²) in [5.41, 5.74) is 0. The quantitative estimate of drug-likeness (QED) is 0.433. The van der Waals surface area contributed by atoms with Crippen LogP contribution in [0.2, 0.25) is 0 Å². The Labute approximate surface area is 68.2 Å². The monoisotopic (exact) mass is 149 g/mol. The van der Waals surface area contributed by atoms with Crippen molar-refractivity contribution in [3.05, 3.63) is 6.42 Å². The molecule has 0 heterocycles. The normalized spacial score (nSPS) is 30.8. The van der Waals surface area contributed by atoms with Crippen molar-refractivity contribution < 1.29 is 4.79 Å². The lowest BCUT2D eigenvalue weighted by atomic mass is 9.81. The highest BCUT2D eigenvalue weighted by molar-refractivity contribution is 5.53. The summed E-state index contributed by atoms with van der Waals surface area (Å²) < 4.78 is 0. The minimum absolute atomic E-state index is 0.303. The van der Waals surface area contributed by atoms with Crippen LogP contribution in [-0.2, 0) is 4.79 Å². The summed E-state index contributed by atoms with van der Waals surface area (Å²) in [6.45, 7) is 0. The molecule has 59 valence electrons. The van der Waals surface area contributed by atoms with Gasteiger partial charge < -0.3 is 4.79 Å². The fraction of sp³-hybridized carbons (Fsp3) is 0.700. The third-order valence-electron chi connectivity index (χ3n) is 2.47. The molecule has 1 heteroatoms. The molecular weight excluding hydrogens is 136 g/mol. The summed E-state index contributed by atoms with van der Waals surface area (Å²) in [6.07, 6.45) is 12.9. The summed E-state index contributed by atoms with van der Waals surface area (Å²) in [7, 11) is 0.